The van der Waals surface area contributed by atoms with E-state index in [4.69, 9.17) is 17.3 Å². The molecule has 1 aromatic heterocycles. The van der Waals surface area contributed by atoms with Crippen molar-refractivity contribution in [3.63, 3.8) is 0 Å². The molecule has 0 unspecified atom stereocenters. The SMILES string of the molecule is Cc1c(Cl)cccc1Cc1nc(CN)n(C)c1C. The van der Waals surface area contributed by atoms with E-state index >= 15 is 0 Å². The van der Waals surface area contributed by atoms with Gasteiger partial charge in [-0.2, -0.15) is 0 Å². The summed E-state index contributed by atoms with van der Waals surface area (Å²) < 4.78 is 2.05. The number of rotatable bonds is 3. The molecule has 18 heavy (non-hydrogen) atoms. The number of halogens is 1. The Labute approximate surface area is 113 Å². The van der Waals surface area contributed by atoms with Crippen LogP contribution in [0.15, 0.2) is 18.2 Å². The van der Waals surface area contributed by atoms with Gasteiger partial charge in [-0.3, -0.25) is 0 Å². The zero-order valence-corrected chi connectivity index (χ0v) is 11.8. The van der Waals surface area contributed by atoms with Gasteiger partial charge in [-0.1, -0.05) is 23.7 Å². The molecule has 2 N–H and O–H groups in total. The third-order valence-electron chi connectivity index (χ3n) is 3.49. The van der Waals surface area contributed by atoms with Gasteiger partial charge < -0.3 is 10.3 Å². The average Bonchev–Trinajstić information content (AvgIpc) is 2.63. The summed E-state index contributed by atoms with van der Waals surface area (Å²) in [5.74, 6) is 0.919. The fourth-order valence-electron chi connectivity index (χ4n) is 2.07. The molecular weight excluding hydrogens is 246 g/mol. The molecule has 0 atom stereocenters. The van der Waals surface area contributed by atoms with Crippen LogP contribution in [-0.2, 0) is 20.0 Å². The summed E-state index contributed by atoms with van der Waals surface area (Å²) in [4.78, 5) is 4.59. The van der Waals surface area contributed by atoms with E-state index in [1.54, 1.807) is 0 Å². The van der Waals surface area contributed by atoms with Gasteiger partial charge in [0.1, 0.15) is 5.82 Å². The minimum atomic E-state index is 0.464. The third kappa shape index (κ3) is 2.28. The fraction of sp³-hybridized carbons (Fsp3) is 0.357. The maximum atomic E-state index is 6.14. The van der Waals surface area contributed by atoms with Crippen LogP contribution in [0.5, 0.6) is 0 Å². The van der Waals surface area contributed by atoms with Gasteiger partial charge in [-0.05, 0) is 31.0 Å². The first-order valence-electron chi connectivity index (χ1n) is 5.99. The van der Waals surface area contributed by atoms with Crippen LogP contribution < -0.4 is 5.73 Å². The molecule has 4 heteroatoms. The van der Waals surface area contributed by atoms with Crippen molar-refractivity contribution in [1.82, 2.24) is 9.55 Å². The van der Waals surface area contributed by atoms with E-state index in [-0.39, 0.29) is 0 Å². The quantitative estimate of drug-likeness (QED) is 0.925. The lowest BCUT2D eigenvalue weighted by molar-refractivity contribution is 0.774. The smallest absolute Gasteiger partial charge is 0.122 e. The Kier molecular flexibility index (Phi) is 3.73. The molecule has 0 bridgehead atoms. The molecule has 0 aliphatic heterocycles. The lowest BCUT2D eigenvalue weighted by Gasteiger charge is -2.06. The van der Waals surface area contributed by atoms with Crippen molar-refractivity contribution in [3.05, 3.63) is 51.6 Å². The zero-order chi connectivity index (χ0) is 13.3. The molecule has 0 aliphatic rings. The predicted molar refractivity (Wildman–Crippen MR) is 74.8 cm³/mol. The standard InChI is InChI=1S/C14H18ClN3/c1-9-11(5-4-6-12(9)15)7-13-10(2)18(3)14(8-16)17-13/h4-6H,7-8,16H2,1-3H3. The maximum absolute atomic E-state index is 6.14. The number of benzene rings is 1. The summed E-state index contributed by atoms with van der Waals surface area (Å²) in [6.45, 7) is 4.58. The summed E-state index contributed by atoms with van der Waals surface area (Å²) in [7, 11) is 2.00. The van der Waals surface area contributed by atoms with Crippen molar-refractivity contribution in [1.29, 1.82) is 0 Å². The van der Waals surface area contributed by atoms with Crippen LogP contribution in [0, 0.1) is 13.8 Å². The van der Waals surface area contributed by atoms with Crippen molar-refractivity contribution in [2.75, 3.05) is 0 Å². The summed E-state index contributed by atoms with van der Waals surface area (Å²) in [6, 6.07) is 5.99. The minimum Gasteiger partial charge on any atom is -0.334 e. The highest BCUT2D eigenvalue weighted by atomic mass is 35.5. The molecule has 2 rings (SSSR count). The highest BCUT2D eigenvalue weighted by Crippen LogP contribution is 2.22. The Morgan fingerprint density at radius 1 is 1.33 bits per heavy atom. The number of nitrogens with two attached hydrogens (primary N) is 1. The van der Waals surface area contributed by atoms with Gasteiger partial charge in [0.2, 0.25) is 0 Å². The van der Waals surface area contributed by atoms with Gasteiger partial charge in [0, 0.05) is 24.2 Å². The Bertz CT molecular complexity index is 573. The zero-order valence-electron chi connectivity index (χ0n) is 11.0. The molecule has 0 spiro atoms. The van der Waals surface area contributed by atoms with Crippen molar-refractivity contribution in [2.45, 2.75) is 26.8 Å². The van der Waals surface area contributed by atoms with Crippen LogP contribution in [0.2, 0.25) is 5.02 Å². The summed E-state index contributed by atoms with van der Waals surface area (Å²) in [6.07, 6.45) is 0.798. The van der Waals surface area contributed by atoms with Crippen LogP contribution in [0.4, 0.5) is 0 Å². The largest absolute Gasteiger partial charge is 0.334 e. The first kappa shape index (κ1) is 13.1. The number of hydrogen-bond acceptors (Lipinski definition) is 2. The lowest BCUT2D eigenvalue weighted by atomic mass is 10.0. The Hall–Kier alpha value is -1.32. The van der Waals surface area contributed by atoms with Gasteiger partial charge in [0.15, 0.2) is 0 Å². The van der Waals surface area contributed by atoms with E-state index in [9.17, 15) is 0 Å². The Balaban J connectivity index is 2.37. The molecular formula is C14H18ClN3. The monoisotopic (exact) mass is 263 g/mol. The molecule has 0 aliphatic carbocycles. The molecule has 2 aromatic rings. The number of imidazole rings is 1. The van der Waals surface area contributed by atoms with Crippen LogP contribution in [0.25, 0.3) is 0 Å². The maximum Gasteiger partial charge on any atom is 0.122 e. The van der Waals surface area contributed by atoms with Crippen LogP contribution in [0.3, 0.4) is 0 Å². The molecule has 0 amide bonds. The molecule has 1 heterocycles. The van der Waals surface area contributed by atoms with Crippen molar-refractivity contribution >= 4 is 11.6 Å². The number of aromatic nitrogens is 2. The second-order valence-electron chi connectivity index (χ2n) is 4.52. The van der Waals surface area contributed by atoms with Crippen molar-refractivity contribution in [3.8, 4) is 0 Å². The first-order chi connectivity index (χ1) is 8.54. The molecule has 3 nitrogen and oxygen atoms in total. The normalized spacial score (nSPS) is 10.9. The van der Waals surface area contributed by atoms with Crippen LogP contribution in [0.1, 0.15) is 28.3 Å². The topological polar surface area (TPSA) is 43.8 Å². The van der Waals surface area contributed by atoms with Crippen LogP contribution in [-0.4, -0.2) is 9.55 Å². The predicted octanol–water partition coefficient (Wildman–Crippen LogP) is 2.74. The molecule has 0 saturated heterocycles. The van der Waals surface area contributed by atoms with Gasteiger partial charge in [0.25, 0.3) is 0 Å². The minimum absolute atomic E-state index is 0.464. The van der Waals surface area contributed by atoms with Crippen molar-refractivity contribution < 1.29 is 0 Å². The summed E-state index contributed by atoms with van der Waals surface area (Å²) in [5, 5.41) is 0.806. The van der Waals surface area contributed by atoms with Gasteiger partial charge in [-0.15, -0.1) is 0 Å². The van der Waals surface area contributed by atoms with E-state index in [2.05, 4.69) is 22.5 Å². The Morgan fingerprint density at radius 3 is 2.67 bits per heavy atom. The summed E-state index contributed by atoms with van der Waals surface area (Å²) >= 11 is 6.14. The van der Waals surface area contributed by atoms with Crippen molar-refractivity contribution in [2.24, 2.45) is 12.8 Å². The second kappa shape index (κ2) is 5.12. The van der Waals surface area contributed by atoms with E-state index in [1.807, 2.05) is 26.1 Å². The molecule has 0 saturated carbocycles. The Morgan fingerprint density at radius 2 is 2.06 bits per heavy atom. The highest BCUT2D eigenvalue weighted by Gasteiger charge is 2.12. The molecule has 96 valence electrons. The van der Waals surface area contributed by atoms with Crippen LogP contribution >= 0.6 is 11.6 Å². The number of nitrogens with zero attached hydrogens (tertiary/aromatic N) is 2. The number of hydrogen-bond donors (Lipinski definition) is 1. The third-order valence-corrected chi connectivity index (χ3v) is 3.90. The van der Waals surface area contributed by atoms with Gasteiger partial charge in [0.05, 0.1) is 12.2 Å². The van der Waals surface area contributed by atoms with E-state index in [1.165, 1.54) is 5.56 Å². The molecule has 1 aromatic carbocycles. The molecule has 0 fully saturated rings. The second-order valence-corrected chi connectivity index (χ2v) is 4.93. The molecule has 0 radical (unpaired) electrons. The average molecular weight is 264 g/mol. The fourth-order valence-corrected chi connectivity index (χ4v) is 2.27. The van der Waals surface area contributed by atoms with Gasteiger partial charge >= 0.3 is 0 Å². The van der Waals surface area contributed by atoms with Gasteiger partial charge in [-0.25, -0.2) is 4.98 Å². The van der Waals surface area contributed by atoms with E-state index in [0.29, 0.717) is 6.54 Å². The van der Waals surface area contributed by atoms with E-state index in [0.717, 1.165) is 34.2 Å². The highest BCUT2D eigenvalue weighted by molar-refractivity contribution is 6.31. The van der Waals surface area contributed by atoms with E-state index < -0.39 is 0 Å². The summed E-state index contributed by atoms with van der Waals surface area (Å²) in [5.41, 5.74) is 10.2. The lowest BCUT2D eigenvalue weighted by Crippen LogP contribution is -2.05. The first-order valence-corrected chi connectivity index (χ1v) is 6.37.